The second-order valence-corrected chi connectivity index (χ2v) is 10.6. The van der Waals surface area contributed by atoms with Gasteiger partial charge in [0.05, 0.1) is 17.2 Å². The third-order valence-electron chi connectivity index (χ3n) is 6.12. The van der Waals surface area contributed by atoms with Crippen molar-refractivity contribution in [1.29, 1.82) is 0 Å². The van der Waals surface area contributed by atoms with Crippen molar-refractivity contribution in [3.63, 3.8) is 0 Å². The number of aliphatic hydroxyl groups excluding tert-OH is 1. The normalized spacial score (nSPS) is 26.2. The number of aliphatic imine (C=N–C) groups is 1. The van der Waals surface area contributed by atoms with E-state index in [9.17, 15) is 27.5 Å². The topological polar surface area (TPSA) is 70.9 Å². The first-order valence-corrected chi connectivity index (χ1v) is 11.4. The molecule has 0 spiro atoms. The molecule has 1 amide bonds. The molecule has 188 valence electrons. The number of carbonyl (C=O) groups excluding carboxylic acids is 1. The van der Waals surface area contributed by atoms with E-state index in [0.717, 1.165) is 11.6 Å². The van der Waals surface area contributed by atoms with E-state index in [1.54, 1.807) is 20.8 Å². The lowest BCUT2D eigenvalue weighted by Crippen LogP contribution is -2.44. The van der Waals surface area contributed by atoms with Gasteiger partial charge in [0.25, 0.3) is 0 Å². The summed E-state index contributed by atoms with van der Waals surface area (Å²) < 4.78 is 61.1. The lowest BCUT2D eigenvalue weighted by atomic mass is 9.61. The van der Waals surface area contributed by atoms with Crippen LogP contribution >= 0.6 is 11.6 Å². The molecule has 10 heteroatoms. The zero-order valence-electron chi connectivity index (χ0n) is 19.5. The Bertz CT molecular complexity index is 995. The average Bonchev–Trinajstić information content (AvgIpc) is 2.66. The summed E-state index contributed by atoms with van der Waals surface area (Å²) in [5, 5.41) is 11.9. The number of amides is 1. The number of ether oxygens (including phenoxy) is 1. The minimum atomic E-state index is -4.70. The number of alkyl halides is 3. The second kappa shape index (κ2) is 9.49. The van der Waals surface area contributed by atoms with Gasteiger partial charge in [-0.05, 0) is 69.2 Å². The van der Waals surface area contributed by atoms with E-state index in [-0.39, 0.29) is 10.7 Å². The smallest absolute Gasteiger partial charge is 0.407 e. The minimum Gasteiger partial charge on any atom is -0.444 e. The van der Waals surface area contributed by atoms with Crippen molar-refractivity contribution in [3.8, 4) is 0 Å². The molecule has 1 saturated carbocycles. The first kappa shape index (κ1) is 26.5. The highest BCUT2D eigenvalue weighted by Gasteiger charge is 2.47. The van der Waals surface area contributed by atoms with E-state index in [0.29, 0.717) is 24.8 Å². The van der Waals surface area contributed by atoms with Crippen LogP contribution in [0, 0.1) is 17.2 Å². The summed E-state index contributed by atoms with van der Waals surface area (Å²) in [5.41, 5.74) is -0.367. The standard InChI is InChI=1S/C24H29ClF4N2O3/c1-22(2,3)34-21(33)30-12-16(24(27,28)29)20-9-14(23(4)10-15(32)11-23)8-19(31-20)13-5-6-18(26)17(25)7-13/h5-7,9,15-16,19,32H,8,10-12H2,1-4H3,(H,30,33). The average molecular weight is 505 g/mol. The van der Waals surface area contributed by atoms with Crippen LogP contribution in [-0.2, 0) is 4.74 Å². The highest BCUT2D eigenvalue weighted by molar-refractivity contribution is 6.30. The summed E-state index contributed by atoms with van der Waals surface area (Å²) in [4.78, 5) is 16.4. The number of halogens is 5. The molecule has 1 heterocycles. The van der Waals surface area contributed by atoms with Crippen LogP contribution in [0.5, 0.6) is 0 Å². The Balaban J connectivity index is 1.95. The molecule has 1 aromatic rings. The molecule has 1 aliphatic heterocycles. The van der Waals surface area contributed by atoms with E-state index in [4.69, 9.17) is 16.3 Å². The van der Waals surface area contributed by atoms with E-state index in [1.807, 2.05) is 6.92 Å². The van der Waals surface area contributed by atoms with E-state index >= 15 is 0 Å². The number of allylic oxidation sites excluding steroid dienone is 1. The van der Waals surface area contributed by atoms with Gasteiger partial charge in [-0.2, -0.15) is 13.2 Å². The van der Waals surface area contributed by atoms with Gasteiger partial charge in [0.15, 0.2) is 0 Å². The van der Waals surface area contributed by atoms with Crippen molar-refractivity contribution in [1.82, 2.24) is 5.32 Å². The molecule has 2 N–H and O–H groups in total. The van der Waals surface area contributed by atoms with Crippen molar-refractivity contribution in [2.75, 3.05) is 6.54 Å². The molecular weight excluding hydrogens is 476 g/mol. The fraction of sp³-hybridized carbons (Fsp3) is 0.583. The molecule has 3 rings (SSSR count). The van der Waals surface area contributed by atoms with Crippen molar-refractivity contribution in [2.45, 2.75) is 70.9 Å². The van der Waals surface area contributed by atoms with E-state index in [2.05, 4.69) is 10.3 Å². The number of alkyl carbamates (subject to hydrolysis) is 1. The monoisotopic (exact) mass is 504 g/mol. The van der Waals surface area contributed by atoms with Gasteiger partial charge in [-0.3, -0.25) is 4.99 Å². The first-order valence-electron chi connectivity index (χ1n) is 11.0. The van der Waals surface area contributed by atoms with Crippen LogP contribution in [0.4, 0.5) is 22.4 Å². The van der Waals surface area contributed by atoms with Crippen molar-refractivity contribution >= 4 is 23.4 Å². The Morgan fingerprint density at radius 3 is 2.50 bits per heavy atom. The van der Waals surface area contributed by atoms with Gasteiger partial charge in [0.1, 0.15) is 17.3 Å². The van der Waals surface area contributed by atoms with E-state index in [1.165, 1.54) is 18.2 Å². The predicted octanol–water partition coefficient (Wildman–Crippen LogP) is 6.16. The first-order chi connectivity index (χ1) is 15.6. The maximum Gasteiger partial charge on any atom is 0.407 e. The summed E-state index contributed by atoms with van der Waals surface area (Å²) in [6.45, 7) is 5.97. The number of aliphatic hydroxyl groups is 1. The molecule has 34 heavy (non-hydrogen) atoms. The molecule has 2 atom stereocenters. The molecule has 0 aromatic heterocycles. The fourth-order valence-electron chi connectivity index (χ4n) is 4.36. The molecular formula is C24H29ClF4N2O3. The third kappa shape index (κ3) is 6.30. The quantitative estimate of drug-likeness (QED) is 0.472. The number of rotatable bonds is 5. The Morgan fingerprint density at radius 2 is 1.97 bits per heavy atom. The summed E-state index contributed by atoms with van der Waals surface area (Å²) in [5.74, 6) is -2.72. The van der Waals surface area contributed by atoms with E-state index < -0.39 is 53.7 Å². The van der Waals surface area contributed by atoms with Gasteiger partial charge in [0, 0.05) is 12.3 Å². The number of benzene rings is 1. The number of hydrogen-bond acceptors (Lipinski definition) is 4. The summed E-state index contributed by atoms with van der Waals surface area (Å²) in [6, 6.07) is 3.26. The zero-order chi connectivity index (χ0) is 25.5. The molecule has 2 unspecified atom stereocenters. The largest absolute Gasteiger partial charge is 0.444 e. The SMILES string of the molecule is CC(C)(C)OC(=O)NCC(C1=NC(c2ccc(F)c(Cl)c2)CC(C2(C)CC(O)C2)=C1)C(F)(F)F. The zero-order valence-corrected chi connectivity index (χ0v) is 20.2. The number of nitrogens with zero attached hydrogens (tertiary/aromatic N) is 1. The summed E-state index contributed by atoms with van der Waals surface area (Å²) in [6.07, 6.45) is -3.57. The molecule has 1 fully saturated rings. The van der Waals surface area contributed by atoms with Crippen molar-refractivity contribution < 1.29 is 32.2 Å². The van der Waals surface area contributed by atoms with Crippen molar-refractivity contribution in [3.05, 3.63) is 46.3 Å². The Morgan fingerprint density at radius 1 is 1.32 bits per heavy atom. The molecule has 5 nitrogen and oxygen atoms in total. The van der Waals surface area contributed by atoms with Crippen LogP contribution in [-0.4, -0.2) is 41.3 Å². The maximum atomic E-state index is 14.1. The van der Waals surface area contributed by atoms with Gasteiger partial charge < -0.3 is 15.2 Å². The number of carbonyl (C=O) groups is 1. The minimum absolute atomic E-state index is 0.144. The summed E-state index contributed by atoms with van der Waals surface area (Å²) in [7, 11) is 0. The number of hydrogen-bond donors (Lipinski definition) is 2. The third-order valence-corrected chi connectivity index (χ3v) is 6.41. The van der Waals surface area contributed by atoms with Crippen LogP contribution in [0.1, 0.15) is 58.6 Å². The lowest BCUT2D eigenvalue weighted by molar-refractivity contribution is -0.153. The van der Waals surface area contributed by atoms with Gasteiger partial charge in [-0.25, -0.2) is 9.18 Å². The highest BCUT2D eigenvalue weighted by Crippen LogP contribution is 2.51. The molecule has 2 aliphatic rings. The van der Waals surface area contributed by atoms with Gasteiger partial charge in [-0.15, -0.1) is 0 Å². The van der Waals surface area contributed by atoms with Gasteiger partial charge >= 0.3 is 12.3 Å². The molecule has 0 radical (unpaired) electrons. The predicted molar refractivity (Wildman–Crippen MR) is 121 cm³/mol. The molecule has 1 aliphatic carbocycles. The number of nitrogens with one attached hydrogen (secondary N) is 1. The fourth-order valence-corrected chi connectivity index (χ4v) is 4.55. The summed E-state index contributed by atoms with van der Waals surface area (Å²) >= 11 is 5.91. The van der Waals surface area contributed by atoms with Crippen LogP contribution < -0.4 is 5.32 Å². The van der Waals surface area contributed by atoms with Crippen LogP contribution in [0.25, 0.3) is 0 Å². The van der Waals surface area contributed by atoms with Crippen LogP contribution in [0.3, 0.4) is 0 Å². The highest BCUT2D eigenvalue weighted by atomic mass is 35.5. The Hall–Kier alpha value is -2.13. The molecule has 0 bridgehead atoms. The second-order valence-electron chi connectivity index (χ2n) is 10.2. The number of dihydropyridines is 1. The van der Waals surface area contributed by atoms with Crippen LogP contribution in [0.15, 0.2) is 34.8 Å². The van der Waals surface area contributed by atoms with Gasteiger partial charge in [-0.1, -0.05) is 30.2 Å². The Kier molecular flexibility index (Phi) is 7.39. The lowest BCUT2D eigenvalue weighted by Gasteiger charge is -2.46. The molecule has 1 aromatic carbocycles. The maximum absolute atomic E-state index is 14.1. The van der Waals surface area contributed by atoms with Crippen molar-refractivity contribution in [2.24, 2.45) is 16.3 Å². The Labute approximate surface area is 201 Å². The van der Waals surface area contributed by atoms with Gasteiger partial charge in [0.2, 0.25) is 0 Å². The molecule has 0 saturated heterocycles. The van der Waals surface area contributed by atoms with Crippen LogP contribution in [0.2, 0.25) is 5.02 Å².